The number of nitrogens with zero attached hydrogens (tertiary/aromatic N) is 1. The summed E-state index contributed by atoms with van der Waals surface area (Å²) in [5, 5.41) is 6.07. The van der Waals surface area contributed by atoms with Crippen molar-refractivity contribution >= 4 is 60.7 Å². The SMILES string of the molecule is COc1ccc2c(c1)C1=C(SS/C1=C\c1c3ccccc3nc3ccccc13)C(C)(C)N2. The van der Waals surface area contributed by atoms with Crippen LogP contribution < -0.4 is 10.1 Å². The first-order valence-electron chi connectivity index (χ1n) is 10.6. The van der Waals surface area contributed by atoms with Crippen molar-refractivity contribution in [2.75, 3.05) is 12.4 Å². The number of rotatable bonds is 2. The quantitative estimate of drug-likeness (QED) is 0.247. The fourth-order valence-electron chi connectivity index (χ4n) is 4.57. The molecule has 32 heavy (non-hydrogen) atoms. The number of anilines is 1. The van der Waals surface area contributed by atoms with Crippen molar-refractivity contribution in [3.05, 3.63) is 87.7 Å². The molecule has 6 rings (SSSR count). The second-order valence-electron chi connectivity index (χ2n) is 8.60. The third kappa shape index (κ3) is 3.03. The standard InChI is InChI=1S/C27H22N2OS2/c1-27(2)26-25(20-14-16(30-3)12-13-23(20)29-27)24(31-32-26)15-19-17-8-4-6-10-21(17)28-22-11-7-5-9-18(19)22/h4-15,29H,1-3H3/b24-15-. The van der Waals surface area contributed by atoms with Crippen molar-refractivity contribution in [2.24, 2.45) is 0 Å². The van der Waals surface area contributed by atoms with Gasteiger partial charge in [0.15, 0.2) is 0 Å². The first-order valence-corrected chi connectivity index (χ1v) is 12.8. The minimum Gasteiger partial charge on any atom is -0.497 e. The predicted octanol–water partition coefficient (Wildman–Crippen LogP) is 7.75. The van der Waals surface area contributed by atoms with Crippen LogP contribution in [0.25, 0.3) is 33.5 Å². The highest BCUT2D eigenvalue weighted by molar-refractivity contribution is 8.80. The van der Waals surface area contributed by atoms with Crippen molar-refractivity contribution in [3.8, 4) is 5.75 Å². The molecule has 1 N–H and O–H groups in total. The molecule has 2 aliphatic heterocycles. The number of benzene rings is 3. The number of pyridine rings is 1. The van der Waals surface area contributed by atoms with E-state index in [-0.39, 0.29) is 5.54 Å². The van der Waals surface area contributed by atoms with E-state index in [0.29, 0.717) is 0 Å². The highest BCUT2D eigenvalue weighted by Crippen LogP contribution is 2.61. The number of allylic oxidation sites excluding steroid dienone is 1. The van der Waals surface area contributed by atoms with Gasteiger partial charge in [0.1, 0.15) is 5.75 Å². The van der Waals surface area contributed by atoms with Crippen LogP contribution >= 0.6 is 21.6 Å². The molecule has 0 amide bonds. The van der Waals surface area contributed by atoms with Crippen LogP contribution in [0, 0.1) is 0 Å². The van der Waals surface area contributed by atoms with Gasteiger partial charge in [-0.3, -0.25) is 0 Å². The van der Waals surface area contributed by atoms with Gasteiger partial charge in [-0.25, -0.2) is 4.98 Å². The largest absolute Gasteiger partial charge is 0.497 e. The Morgan fingerprint density at radius 2 is 1.59 bits per heavy atom. The average Bonchev–Trinajstić information content (AvgIpc) is 3.24. The number of fused-ring (bicyclic) bond motifs is 4. The Morgan fingerprint density at radius 3 is 2.28 bits per heavy atom. The molecule has 0 aliphatic carbocycles. The van der Waals surface area contributed by atoms with Gasteiger partial charge in [-0.1, -0.05) is 58.0 Å². The molecular weight excluding hydrogens is 432 g/mol. The van der Waals surface area contributed by atoms with Crippen molar-refractivity contribution in [1.29, 1.82) is 0 Å². The molecule has 3 nitrogen and oxygen atoms in total. The van der Waals surface area contributed by atoms with E-state index in [9.17, 15) is 0 Å². The van der Waals surface area contributed by atoms with E-state index in [2.05, 4.69) is 85.9 Å². The fourth-order valence-corrected chi connectivity index (χ4v) is 7.62. The Morgan fingerprint density at radius 1 is 0.906 bits per heavy atom. The van der Waals surface area contributed by atoms with Crippen LogP contribution in [0.1, 0.15) is 25.0 Å². The molecule has 0 atom stereocenters. The first-order chi connectivity index (χ1) is 15.5. The average molecular weight is 455 g/mol. The first kappa shape index (κ1) is 19.8. The van der Waals surface area contributed by atoms with E-state index >= 15 is 0 Å². The maximum absolute atomic E-state index is 5.56. The van der Waals surface area contributed by atoms with Crippen molar-refractivity contribution in [3.63, 3.8) is 0 Å². The van der Waals surface area contributed by atoms with E-state index in [1.165, 1.54) is 37.3 Å². The number of aromatic nitrogens is 1. The van der Waals surface area contributed by atoms with Gasteiger partial charge in [0.05, 0.1) is 23.7 Å². The molecule has 0 unspecified atom stereocenters. The molecule has 0 saturated heterocycles. The molecule has 0 bridgehead atoms. The van der Waals surface area contributed by atoms with E-state index in [0.717, 1.165) is 22.5 Å². The van der Waals surface area contributed by atoms with Crippen LogP contribution in [0.15, 0.2) is 76.5 Å². The molecule has 158 valence electrons. The summed E-state index contributed by atoms with van der Waals surface area (Å²) in [6, 6.07) is 23.1. The summed E-state index contributed by atoms with van der Waals surface area (Å²) in [6.45, 7) is 4.51. The molecule has 0 radical (unpaired) electrons. The van der Waals surface area contributed by atoms with E-state index in [1.54, 1.807) is 7.11 Å². The third-order valence-electron chi connectivity index (χ3n) is 6.10. The zero-order chi connectivity index (χ0) is 21.9. The molecule has 0 saturated carbocycles. The van der Waals surface area contributed by atoms with Gasteiger partial charge < -0.3 is 10.1 Å². The topological polar surface area (TPSA) is 34.1 Å². The molecule has 5 heteroatoms. The maximum Gasteiger partial charge on any atom is 0.119 e. The zero-order valence-electron chi connectivity index (χ0n) is 18.1. The Balaban J connectivity index is 1.63. The van der Waals surface area contributed by atoms with E-state index < -0.39 is 0 Å². The minimum atomic E-state index is -0.132. The Hall–Kier alpha value is -2.89. The lowest BCUT2D eigenvalue weighted by molar-refractivity contribution is 0.414. The van der Waals surface area contributed by atoms with Crippen LogP contribution in [0.3, 0.4) is 0 Å². The highest BCUT2D eigenvalue weighted by Gasteiger charge is 2.39. The van der Waals surface area contributed by atoms with Crippen LogP contribution in [0.2, 0.25) is 0 Å². The molecule has 1 aromatic heterocycles. The summed E-state index contributed by atoms with van der Waals surface area (Å²) >= 11 is 0. The monoisotopic (exact) mass is 454 g/mol. The normalized spacial score (nSPS) is 18.0. The number of ether oxygens (including phenoxy) is 1. The lowest BCUT2D eigenvalue weighted by Gasteiger charge is -2.35. The summed E-state index contributed by atoms with van der Waals surface area (Å²) in [5.74, 6) is 0.873. The predicted molar refractivity (Wildman–Crippen MR) is 140 cm³/mol. The molecule has 0 spiro atoms. The number of methoxy groups -OCH3 is 1. The van der Waals surface area contributed by atoms with Crippen LogP contribution in [-0.2, 0) is 0 Å². The Labute approximate surface area is 195 Å². The minimum absolute atomic E-state index is 0.132. The molecule has 2 aliphatic rings. The Kier molecular flexibility index (Phi) is 4.52. The van der Waals surface area contributed by atoms with Crippen molar-refractivity contribution < 1.29 is 4.74 Å². The van der Waals surface area contributed by atoms with Crippen molar-refractivity contribution in [2.45, 2.75) is 19.4 Å². The van der Waals surface area contributed by atoms with Gasteiger partial charge in [0, 0.05) is 37.4 Å². The molecule has 4 aromatic rings. The number of nitrogens with one attached hydrogen (secondary N) is 1. The van der Waals surface area contributed by atoms with Crippen LogP contribution in [-0.4, -0.2) is 17.6 Å². The van der Waals surface area contributed by atoms with Gasteiger partial charge in [-0.2, -0.15) is 0 Å². The highest BCUT2D eigenvalue weighted by atomic mass is 33.1. The molecule has 3 aromatic carbocycles. The number of hydrogen-bond acceptors (Lipinski definition) is 5. The fraction of sp³-hybridized carbons (Fsp3) is 0.148. The molecule has 3 heterocycles. The lowest BCUT2D eigenvalue weighted by Crippen LogP contribution is -2.35. The zero-order valence-corrected chi connectivity index (χ0v) is 19.7. The second-order valence-corrected chi connectivity index (χ2v) is 10.8. The Bertz CT molecular complexity index is 1420. The van der Waals surface area contributed by atoms with Gasteiger partial charge >= 0.3 is 0 Å². The van der Waals surface area contributed by atoms with Gasteiger partial charge in [-0.05, 0) is 55.8 Å². The van der Waals surface area contributed by atoms with Crippen LogP contribution in [0.5, 0.6) is 5.75 Å². The van der Waals surface area contributed by atoms with Gasteiger partial charge in [0.2, 0.25) is 0 Å². The smallest absolute Gasteiger partial charge is 0.119 e. The summed E-state index contributed by atoms with van der Waals surface area (Å²) in [6.07, 6.45) is 2.36. The van der Waals surface area contributed by atoms with E-state index in [4.69, 9.17) is 9.72 Å². The van der Waals surface area contributed by atoms with Crippen molar-refractivity contribution in [1.82, 2.24) is 4.98 Å². The third-order valence-corrected chi connectivity index (χ3v) is 8.86. The summed E-state index contributed by atoms with van der Waals surface area (Å²) in [7, 11) is 5.42. The van der Waals surface area contributed by atoms with Crippen LogP contribution in [0.4, 0.5) is 5.69 Å². The summed E-state index contributed by atoms with van der Waals surface area (Å²) < 4.78 is 5.56. The van der Waals surface area contributed by atoms with Gasteiger partial charge in [-0.15, -0.1) is 0 Å². The molecular formula is C27H22N2OS2. The summed E-state index contributed by atoms with van der Waals surface area (Å²) in [5.41, 5.74) is 6.79. The lowest BCUT2D eigenvalue weighted by atomic mass is 9.88. The van der Waals surface area contributed by atoms with Gasteiger partial charge in [0.25, 0.3) is 0 Å². The second kappa shape index (κ2) is 7.32. The number of hydrogen-bond donors (Lipinski definition) is 1. The molecule has 0 fully saturated rings. The maximum atomic E-state index is 5.56. The summed E-state index contributed by atoms with van der Waals surface area (Å²) in [4.78, 5) is 7.53. The van der Waals surface area contributed by atoms with E-state index in [1.807, 2.05) is 27.7 Å². The number of para-hydroxylation sites is 2.